The normalized spacial score (nSPS) is 48.0. The number of rotatable bonds is 0. The largest absolute Gasteiger partial charge is 0.313 e. The molecule has 0 aromatic heterocycles. The Morgan fingerprint density at radius 3 is 2.57 bits per heavy atom. The third-order valence-electron chi connectivity index (χ3n) is 2.00. The average molecular weight is 96.2 g/mol. The van der Waals surface area contributed by atoms with Crippen molar-refractivity contribution in [2.45, 2.75) is 18.9 Å². The van der Waals surface area contributed by atoms with Crippen molar-refractivity contribution in [3.05, 3.63) is 6.42 Å². The van der Waals surface area contributed by atoms with Crippen LogP contribution in [-0.4, -0.2) is 12.6 Å². The minimum absolute atomic E-state index is 0.796. The van der Waals surface area contributed by atoms with Gasteiger partial charge in [-0.2, -0.15) is 0 Å². The van der Waals surface area contributed by atoms with E-state index in [-0.39, 0.29) is 0 Å². The second kappa shape index (κ2) is 1.22. The van der Waals surface area contributed by atoms with E-state index in [1.54, 1.807) is 0 Å². The Labute approximate surface area is 44.1 Å². The van der Waals surface area contributed by atoms with Gasteiger partial charge in [0.1, 0.15) is 0 Å². The summed E-state index contributed by atoms with van der Waals surface area (Å²) < 4.78 is 0. The predicted octanol–water partition coefficient (Wildman–Crippen LogP) is 0.572. The van der Waals surface area contributed by atoms with Gasteiger partial charge in [0.2, 0.25) is 0 Å². The third kappa shape index (κ3) is 0.480. The lowest BCUT2D eigenvalue weighted by Crippen LogP contribution is -2.23. The molecule has 39 valence electrons. The van der Waals surface area contributed by atoms with Gasteiger partial charge in [0, 0.05) is 6.04 Å². The Balaban J connectivity index is 2.12. The molecule has 1 aliphatic carbocycles. The highest BCUT2D eigenvalue weighted by Crippen LogP contribution is 2.28. The molecule has 2 bridgehead atoms. The Morgan fingerprint density at radius 1 is 1.43 bits per heavy atom. The standard InChI is InChI=1S/C6H10N/c1-2-6-3-5(1)4-7-6/h3,5-7H,1-2,4H2/t5?,6-/m0/s1. The molecule has 1 saturated heterocycles. The molecule has 1 unspecified atom stereocenters. The van der Waals surface area contributed by atoms with Crippen molar-refractivity contribution in [2.75, 3.05) is 6.54 Å². The zero-order chi connectivity index (χ0) is 4.69. The summed E-state index contributed by atoms with van der Waals surface area (Å²) in [7, 11) is 0. The molecule has 2 atom stereocenters. The van der Waals surface area contributed by atoms with Crippen LogP contribution in [0, 0.1) is 12.3 Å². The zero-order valence-electron chi connectivity index (χ0n) is 4.35. The summed E-state index contributed by atoms with van der Waals surface area (Å²) in [6, 6.07) is 0.796. The maximum atomic E-state index is 3.40. The molecule has 1 saturated carbocycles. The molecule has 1 aliphatic heterocycles. The molecular formula is C6H10N. The lowest BCUT2D eigenvalue weighted by molar-refractivity contribution is 0.505. The first kappa shape index (κ1) is 3.90. The fraction of sp³-hybridized carbons (Fsp3) is 0.833. The predicted molar refractivity (Wildman–Crippen MR) is 28.8 cm³/mol. The number of nitrogens with one attached hydrogen (secondary N) is 1. The fourth-order valence-corrected chi connectivity index (χ4v) is 1.56. The summed E-state index contributed by atoms with van der Waals surface area (Å²) in [5, 5.41) is 3.40. The van der Waals surface area contributed by atoms with Gasteiger partial charge in [-0.15, -0.1) is 0 Å². The molecule has 1 heteroatoms. The molecule has 2 fully saturated rings. The SMILES string of the molecule is [CH]1C2CC[C@@H]1NC2. The minimum Gasteiger partial charge on any atom is -0.313 e. The van der Waals surface area contributed by atoms with Crippen LogP contribution in [0.3, 0.4) is 0 Å². The molecule has 0 aromatic carbocycles. The smallest absolute Gasteiger partial charge is 0.0102 e. The van der Waals surface area contributed by atoms with Crippen molar-refractivity contribution in [2.24, 2.45) is 5.92 Å². The van der Waals surface area contributed by atoms with Crippen molar-refractivity contribution in [3.63, 3.8) is 0 Å². The van der Waals surface area contributed by atoms with Crippen molar-refractivity contribution in [3.8, 4) is 0 Å². The Kier molecular flexibility index (Phi) is 0.680. The summed E-state index contributed by atoms with van der Waals surface area (Å²) in [4.78, 5) is 0. The average Bonchev–Trinajstić information content (AvgIpc) is 2.22. The number of hydrogen-bond acceptors (Lipinski definition) is 1. The van der Waals surface area contributed by atoms with E-state index < -0.39 is 0 Å². The maximum absolute atomic E-state index is 3.40. The number of piperidine rings is 1. The summed E-state index contributed by atoms with van der Waals surface area (Å²) in [6.45, 7) is 1.25. The van der Waals surface area contributed by atoms with Crippen LogP contribution < -0.4 is 5.32 Å². The van der Waals surface area contributed by atoms with Gasteiger partial charge in [-0.05, 0) is 31.7 Å². The Morgan fingerprint density at radius 2 is 2.43 bits per heavy atom. The van der Waals surface area contributed by atoms with Gasteiger partial charge in [-0.25, -0.2) is 0 Å². The Bertz CT molecular complexity index is 62.2. The van der Waals surface area contributed by atoms with Crippen LogP contribution in [0.4, 0.5) is 0 Å². The van der Waals surface area contributed by atoms with E-state index in [1.807, 2.05) is 0 Å². The molecule has 1 N–H and O–H groups in total. The van der Waals surface area contributed by atoms with E-state index in [1.165, 1.54) is 19.4 Å². The quantitative estimate of drug-likeness (QED) is 0.465. The van der Waals surface area contributed by atoms with Crippen LogP contribution in [0.25, 0.3) is 0 Å². The summed E-state index contributed by atoms with van der Waals surface area (Å²) in [6.07, 6.45) is 5.28. The first-order valence-electron chi connectivity index (χ1n) is 3.03. The lowest BCUT2D eigenvalue weighted by atomic mass is 10.1. The van der Waals surface area contributed by atoms with Crippen LogP contribution in [0.2, 0.25) is 0 Å². The first-order valence-corrected chi connectivity index (χ1v) is 3.03. The van der Waals surface area contributed by atoms with Crippen molar-refractivity contribution >= 4 is 0 Å². The van der Waals surface area contributed by atoms with E-state index in [0.29, 0.717) is 0 Å². The van der Waals surface area contributed by atoms with Crippen molar-refractivity contribution in [1.82, 2.24) is 5.32 Å². The highest BCUT2D eigenvalue weighted by molar-refractivity contribution is 5.02. The van der Waals surface area contributed by atoms with Gasteiger partial charge >= 0.3 is 0 Å². The topological polar surface area (TPSA) is 12.0 Å². The van der Waals surface area contributed by atoms with Crippen LogP contribution in [0.1, 0.15) is 12.8 Å². The molecule has 1 radical (unpaired) electrons. The zero-order valence-corrected chi connectivity index (χ0v) is 4.35. The molecule has 7 heavy (non-hydrogen) atoms. The molecule has 1 nitrogen and oxygen atoms in total. The number of hydrogen-bond donors (Lipinski definition) is 1. The van der Waals surface area contributed by atoms with E-state index in [9.17, 15) is 0 Å². The molecule has 2 rings (SSSR count). The van der Waals surface area contributed by atoms with Gasteiger partial charge in [0.05, 0.1) is 0 Å². The summed E-state index contributed by atoms with van der Waals surface area (Å²) >= 11 is 0. The summed E-state index contributed by atoms with van der Waals surface area (Å²) in [5.41, 5.74) is 0. The van der Waals surface area contributed by atoms with Crippen molar-refractivity contribution in [1.29, 1.82) is 0 Å². The molecule has 0 amide bonds. The molecular weight excluding hydrogens is 86.1 g/mol. The lowest BCUT2D eigenvalue weighted by Gasteiger charge is -2.08. The van der Waals surface area contributed by atoms with Crippen LogP contribution in [0.15, 0.2) is 0 Å². The third-order valence-corrected chi connectivity index (χ3v) is 2.00. The molecule has 1 heterocycles. The van der Waals surface area contributed by atoms with Gasteiger partial charge in [0.15, 0.2) is 0 Å². The van der Waals surface area contributed by atoms with Crippen LogP contribution in [0.5, 0.6) is 0 Å². The number of fused-ring (bicyclic) bond motifs is 2. The second-order valence-corrected chi connectivity index (χ2v) is 2.54. The van der Waals surface area contributed by atoms with E-state index in [2.05, 4.69) is 11.7 Å². The highest BCUT2D eigenvalue weighted by atomic mass is 15.0. The van der Waals surface area contributed by atoms with Crippen LogP contribution in [-0.2, 0) is 0 Å². The van der Waals surface area contributed by atoms with Crippen molar-refractivity contribution < 1.29 is 0 Å². The molecule has 0 aromatic rings. The fourth-order valence-electron chi connectivity index (χ4n) is 1.56. The van der Waals surface area contributed by atoms with E-state index >= 15 is 0 Å². The molecule has 0 spiro atoms. The summed E-state index contributed by atoms with van der Waals surface area (Å²) in [5.74, 6) is 0.935. The van der Waals surface area contributed by atoms with Gasteiger partial charge < -0.3 is 5.32 Å². The van der Waals surface area contributed by atoms with Gasteiger partial charge in [0.25, 0.3) is 0 Å². The highest BCUT2D eigenvalue weighted by Gasteiger charge is 2.30. The van der Waals surface area contributed by atoms with E-state index in [0.717, 1.165) is 12.0 Å². The Hall–Kier alpha value is -0.0400. The van der Waals surface area contributed by atoms with Gasteiger partial charge in [-0.1, -0.05) is 0 Å². The first-order chi connectivity index (χ1) is 3.45. The minimum atomic E-state index is 0.796. The van der Waals surface area contributed by atoms with E-state index in [4.69, 9.17) is 0 Å². The van der Waals surface area contributed by atoms with Gasteiger partial charge in [-0.3, -0.25) is 0 Å². The monoisotopic (exact) mass is 96.1 g/mol. The van der Waals surface area contributed by atoms with Crippen LogP contribution >= 0.6 is 0 Å². The second-order valence-electron chi connectivity index (χ2n) is 2.54. The maximum Gasteiger partial charge on any atom is 0.0102 e. The molecule has 2 aliphatic rings.